The van der Waals surface area contributed by atoms with Crippen molar-refractivity contribution in [1.82, 2.24) is 20.1 Å². The number of para-hydroxylation sites is 1. The molecule has 11 heteroatoms. The predicted octanol–water partition coefficient (Wildman–Crippen LogP) is 3.04. The fourth-order valence-corrected chi connectivity index (χ4v) is 5.65. The number of benzene rings is 1. The number of aliphatic hydroxyl groups excluding tert-OH is 1. The number of anilines is 1. The predicted molar refractivity (Wildman–Crippen MR) is 143 cm³/mol. The molecular formula is C27H31ClFN5O4. The molecule has 1 atom stereocenters. The molecule has 3 aliphatic rings. The van der Waals surface area contributed by atoms with Gasteiger partial charge < -0.3 is 30.1 Å². The van der Waals surface area contributed by atoms with Gasteiger partial charge in [-0.05, 0) is 23.8 Å². The first-order chi connectivity index (χ1) is 18.3. The number of aliphatic hydroxyl groups is 1. The lowest BCUT2D eigenvalue weighted by Crippen LogP contribution is -2.44. The lowest BCUT2D eigenvalue weighted by molar-refractivity contribution is 0.197. The molecule has 3 N–H and O–H groups in total. The van der Waals surface area contributed by atoms with Crippen LogP contribution in [0.15, 0.2) is 54.1 Å². The molecule has 3 heterocycles. The summed E-state index contributed by atoms with van der Waals surface area (Å²) in [5.41, 5.74) is 2.21. The number of nitrogens with zero attached hydrogens (tertiary/aromatic N) is 4. The molecule has 202 valence electrons. The summed E-state index contributed by atoms with van der Waals surface area (Å²) >= 11 is 7.43. The van der Waals surface area contributed by atoms with Crippen LogP contribution in [-0.2, 0) is 4.87 Å². The van der Waals surface area contributed by atoms with Crippen molar-refractivity contribution in [3.05, 3.63) is 65.3 Å². The highest BCUT2D eigenvalue weighted by Crippen LogP contribution is 2.52. The minimum Gasteiger partial charge on any atom is -0.507 e. The van der Waals surface area contributed by atoms with E-state index in [0.29, 0.717) is 54.4 Å². The third-order valence-electron chi connectivity index (χ3n) is 7.15. The van der Waals surface area contributed by atoms with Crippen LogP contribution in [0.3, 0.4) is 0 Å². The Morgan fingerprint density at radius 1 is 1.21 bits per heavy atom. The van der Waals surface area contributed by atoms with Crippen molar-refractivity contribution >= 4 is 28.9 Å². The van der Waals surface area contributed by atoms with Gasteiger partial charge in [-0.3, -0.25) is 4.90 Å². The Kier molecular flexibility index (Phi) is 7.47. The van der Waals surface area contributed by atoms with Gasteiger partial charge in [-0.15, -0.1) is 11.6 Å². The van der Waals surface area contributed by atoms with Gasteiger partial charge in [0.15, 0.2) is 0 Å². The smallest absolute Gasteiger partial charge is 0.324 e. The molecule has 5 rings (SSSR count). The third kappa shape index (κ3) is 4.79. The number of likely N-dealkylation sites (N-methyl/N-ethyl adjacent to an activating group) is 1. The van der Waals surface area contributed by atoms with Crippen LogP contribution in [0.1, 0.15) is 17.5 Å². The Balaban J connectivity index is 1.65. The number of amides is 2. The minimum absolute atomic E-state index is 0.0124. The number of phenolic OH excluding ortho intramolecular Hbond substituents is 1. The van der Waals surface area contributed by atoms with Gasteiger partial charge in [-0.1, -0.05) is 18.2 Å². The molecule has 2 aliphatic heterocycles. The number of urea groups is 1. The van der Waals surface area contributed by atoms with Crippen LogP contribution in [0.5, 0.6) is 11.6 Å². The number of allylic oxidation sites excluding steroid dienone is 4. The zero-order valence-corrected chi connectivity index (χ0v) is 21.9. The van der Waals surface area contributed by atoms with E-state index in [0.717, 1.165) is 13.1 Å². The molecule has 2 amide bonds. The van der Waals surface area contributed by atoms with Crippen molar-refractivity contribution in [3.8, 4) is 11.6 Å². The Morgan fingerprint density at radius 2 is 1.97 bits per heavy atom. The number of aromatic hydroxyl groups is 1. The molecular weight excluding hydrogens is 513 g/mol. The molecule has 2 aromatic rings. The quantitative estimate of drug-likeness (QED) is 0.461. The van der Waals surface area contributed by atoms with E-state index in [1.165, 1.54) is 22.1 Å². The van der Waals surface area contributed by atoms with Crippen molar-refractivity contribution in [2.45, 2.75) is 11.3 Å². The Hall–Kier alpha value is -3.34. The van der Waals surface area contributed by atoms with Gasteiger partial charge >= 0.3 is 6.03 Å². The summed E-state index contributed by atoms with van der Waals surface area (Å²) in [6.45, 7) is 3.58. The fourth-order valence-electron chi connectivity index (χ4n) is 5.21. The maximum atomic E-state index is 16.1. The highest BCUT2D eigenvalue weighted by molar-refractivity contribution is 6.27. The van der Waals surface area contributed by atoms with Gasteiger partial charge in [0.05, 0.1) is 12.3 Å². The van der Waals surface area contributed by atoms with Gasteiger partial charge in [0.2, 0.25) is 5.88 Å². The van der Waals surface area contributed by atoms with E-state index < -0.39 is 10.7 Å². The van der Waals surface area contributed by atoms with Gasteiger partial charge in [0.25, 0.3) is 0 Å². The number of hydrogen-bond donors (Lipinski definition) is 3. The second-order valence-electron chi connectivity index (χ2n) is 9.57. The van der Waals surface area contributed by atoms with Crippen LogP contribution in [0.4, 0.5) is 14.9 Å². The molecule has 1 aromatic heterocycles. The molecule has 2 saturated heterocycles. The van der Waals surface area contributed by atoms with Crippen LogP contribution in [0.25, 0.3) is 5.57 Å². The SMILES string of the molecule is CN1CCN(C2=C(F)C=C(c3ccccc3O)CC2(Cl)c2cnc(OCCO)c(N3CCNCC3)c2)C1=O. The highest BCUT2D eigenvalue weighted by atomic mass is 35.5. The third-order valence-corrected chi connectivity index (χ3v) is 7.68. The maximum absolute atomic E-state index is 16.1. The number of pyridine rings is 1. The fraction of sp³-hybridized carbons (Fsp3) is 0.407. The summed E-state index contributed by atoms with van der Waals surface area (Å²) in [6, 6.07) is 8.21. The standard InChI is InChI=1S/C27H31ClFN5O4/c1-32-10-11-34(26(32)37)24-21(29)14-18(20-4-2-3-5-23(20)36)16-27(24,28)19-15-22(33-8-6-30-7-9-33)25(31-17-19)38-13-12-35/h2-5,14-15,17,30,35-36H,6-13,16H2,1H3. The van der Waals surface area contributed by atoms with E-state index in [2.05, 4.69) is 15.2 Å². The number of hydrogen-bond acceptors (Lipinski definition) is 7. The van der Waals surface area contributed by atoms with Crippen LogP contribution >= 0.6 is 11.6 Å². The second kappa shape index (κ2) is 10.8. The Labute approximate surface area is 225 Å². The number of piperazine rings is 1. The molecule has 0 bridgehead atoms. The number of ether oxygens (including phenoxy) is 1. The Morgan fingerprint density at radius 3 is 2.66 bits per heavy atom. The zero-order valence-electron chi connectivity index (χ0n) is 21.2. The number of halogens is 2. The van der Waals surface area contributed by atoms with Gasteiger partial charge in [-0.2, -0.15) is 0 Å². The van der Waals surface area contributed by atoms with Crippen molar-refractivity contribution in [3.63, 3.8) is 0 Å². The number of alkyl halides is 1. The number of nitrogens with one attached hydrogen (secondary N) is 1. The summed E-state index contributed by atoms with van der Waals surface area (Å²) in [4.78, 5) is 21.1. The molecule has 1 unspecified atom stereocenters. The first kappa shape index (κ1) is 26.3. The summed E-state index contributed by atoms with van der Waals surface area (Å²) in [7, 11) is 1.67. The average Bonchev–Trinajstić information content (AvgIpc) is 3.25. The normalized spacial score (nSPS) is 22.3. The van der Waals surface area contributed by atoms with Crippen molar-refractivity contribution < 1.29 is 24.1 Å². The number of aromatic nitrogens is 1. The first-order valence-electron chi connectivity index (χ1n) is 12.6. The summed E-state index contributed by atoms with van der Waals surface area (Å²) in [6.07, 6.45) is 3.00. The van der Waals surface area contributed by atoms with E-state index in [-0.39, 0.29) is 37.1 Å². The van der Waals surface area contributed by atoms with Gasteiger partial charge in [0, 0.05) is 70.1 Å². The van der Waals surface area contributed by atoms with Crippen molar-refractivity contribution in [2.24, 2.45) is 0 Å². The molecule has 2 fully saturated rings. The number of carbonyl (C=O) groups is 1. The number of carbonyl (C=O) groups excluding carboxylic acids is 1. The summed E-state index contributed by atoms with van der Waals surface area (Å²) in [5.74, 6) is -0.281. The molecule has 9 nitrogen and oxygen atoms in total. The topological polar surface area (TPSA) is 101 Å². The monoisotopic (exact) mass is 543 g/mol. The van der Waals surface area contributed by atoms with E-state index in [1.807, 2.05) is 6.07 Å². The molecule has 0 radical (unpaired) electrons. The van der Waals surface area contributed by atoms with Crippen LogP contribution in [-0.4, -0.2) is 90.6 Å². The molecule has 0 spiro atoms. The van der Waals surface area contributed by atoms with Crippen LogP contribution in [0, 0.1) is 0 Å². The maximum Gasteiger partial charge on any atom is 0.324 e. The second-order valence-corrected chi connectivity index (χ2v) is 10.2. The van der Waals surface area contributed by atoms with E-state index in [4.69, 9.17) is 16.3 Å². The van der Waals surface area contributed by atoms with E-state index in [1.54, 1.807) is 31.3 Å². The largest absolute Gasteiger partial charge is 0.507 e. The van der Waals surface area contributed by atoms with Crippen molar-refractivity contribution in [2.75, 3.05) is 64.4 Å². The highest BCUT2D eigenvalue weighted by Gasteiger charge is 2.47. The number of rotatable bonds is 7. The zero-order chi connectivity index (χ0) is 26.9. The molecule has 0 saturated carbocycles. The lowest BCUT2D eigenvalue weighted by atomic mass is 9.81. The van der Waals surface area contributed by atoms with Crippen LogP contribution < -0.4 is 15.0 Å². The van der Waals surface area contributed by atoms with Crippen LogP contribution in [0.2, 0.25) is 0 Å². The van der Waals surface area contributed by atoms with E-state index >= 15 is 4.39 Å². The summed E-state index contributed by atoms with van der Waals surface area (Å²) in [5, 5.41) is 23.1. The van der Waals surface area contributed by atoms with Gasteiger partial charge in [-0.25, -0.2) is 14.2 Å². The molecule has 38 heavy (non-hydrogen) atoms. The average molecular weight is 544 g/mol. The molecule has 1 aliphatic carbocycles. The van der Waals surface area contributed by atoms with E-state index in [9.17, 15) is 15.0 Å². The number of phenols is 1. The minimum atomic E-state index is -1.50. The Bertz CT molecular complexity index is 1280. The van der Waals surface area contributed by atoms with Gasteiger partial charge in [0.1, 0.15) is 28.7 Å². The van der Waals surface area contributed by atoms with Crippen molar-refractivity contribution in [1.29, 1.82) is 0 Å². The first-order valence-corrected chi connectivity index (χ1v) is 13.0. The lowest BCUT2D eigenvalue weighted by Gasteiger charge is -2.39. The summed E-state index contributed by atoms with van der Waals surface area (Å²) < 4.78 is 21.8. The molecule has 1 aromatic carbocycles.